The third-order valence-electron chi connectivity index (χ3n) is 2.66. The maximum atomic E-state index is 12.0. The van der Waals surface area contributed by atoms with E-state index in [1.165, 1.54) is 29.5 Å². The van der Waals surface area contributed by atoms with Crippen LogP contribution < -0.4 is 16.6 Å². The fourth-order valence-corrected chi connectivity index (χ4v) is 3.06. The zero-order chi connectivity index (χ0) is 15.4. The van der Waals surface area contributed by atoms with Crippen LogP contribution in [0.15, 0.2) is 34.1 Å². The van der Waals surface area contributed by atoms with Crippen molar-refractivity contribution in [1.29, 1.82) is 0 Å². The Morgan fingerprint density at radius 1 is 1.43 bits per heavy atom. The summed E-state index contributed by atoms with van der Waals surface area (Å²) in [5.41, 5.74) is 2.42. The Balaban J connectivity index is 2.10. The van der Waals surface area contributed by atoms with Crippen molar-refractivity contribution in [2.24, 2.45) is 5.84 Å². The summed E-state index contributed by atoms with van der Waals surface area (Å²) in [7, 11) is 0. The molecule has 0 bridgehead atoms. The van der Waals surface area contributed by atoms with Gasteiger partial charge in [-0.2, -0.15) is 0 Å². The average molecular weight is 371 g/mol. The number of carbonyl (C=O) groups is 1. The quantitative estimate of drug-likeness (QED) is 0.425. The van der Waals surface area contributed by atoms with Gasteiger partial charge >= 0.3 is 0 Å². The molecule has 0 radical (unpaired) electrons. The number of nitrogens with zero attached hydrogens (tertiary/aromatic N) is 1. The first kappa shape index (κ1) is 15.4. The van der Waals surface area contributed by atoms with Crippen molar-refractivity contribution in [2.45, 2.75) is 6.54 Å². The van der Waals surface area contributed by atoms with E-state index in [1.54, 1.807) is 0 Å². The molecule has 110 valence electrons. The van der Waals surface area contributed by atoms with Gasteiger partial charge in [0.15, 0.2) is 0 Å². The lowest BCUT2D eigenvalue weighted by Crippen LogP contribution is -2.22. The standard InChI is InChI=1S/C12H11BrN4O3S/c13-8-4-9(21-6-8)5-15-12(18)7-1-2-11(17(19)20)10(3-7)16-14/h1-4,6,16H,5,14H2,(H,15,18). The molecular formula is C12H11BrN4O3S. The molecule has 0 unspecified atom stereocenters. The number of hydrogen-bond acceptors (Lipinski definition) is 6. The van der Waals surface area contributed by atoms with Crippen LogP contribution in [0.3, 0.4) is 0 Å². The Morgan fingerprint density at radius 2 is 2.19 bits per heavy atom. The van der Waals surface area contributed by atoms with Gasteiger partial charge in [0.25, 0.3) is 11.6 Å². The zero-order valence-electron chi connectivity index (χ0n) is 10.6. The van der Waals surface area contributed by atoms with E-state index in [0.717, 1.165) is 9.35 Å². The van der Waals surface area contributed by atoms with Gasteiger partial charge in [0.2, 0.25) is 0 Å². The topological polar surface area (TPSA) is 110 Å². The first-order valence-corrected chi connectivity index (χ1v) is 7.44. The summed E-state index contributed by atoms with van der Waals surface area (Å²) in [6.45, 7) is 0.386. The lowest BCUT2D eigenvalue weighted by Gasteiger charge is -2.06. The van der Waals surface area contributed by atoms with Gasteiger partial charge in [-0.25, -0.2) is 0 Å². The van der Waals surface area contributed by atoms with Gasteiger partial charge in [0.05, 0.1) is 11.5 Å². The van der Waals surface area contributed by atoms with Crippen molar-refractivity contribution in [3.63, 3.8) is 0 Å². The van der Waals surface area contributed by atoms with Crippen molar-refractivity contribution in [3.05, 3.63) is 54.7 Å². The van der Waals surface area contributed by atoms with Crippen LogP contribution in [0.25, 0.3) is 0 Å². The Hall–Kier alpha value is -1.97. The van der Waals surface area contributed by atoms with Crippen LogP contribution in [0.2, 0.25) is 0 Å². The molecule has 7 nitrogen and oxygen atoms in total. The molecule has 0 aliphatic rings. The smallest absolute Gasteiger partial charge is 0.293 e. The van der Waals surface area contributed by atoms with Crippen LogP contribution in [0.1, 0.15) is 15.2 Å². The molecule has 1 aromatic carbocycles. The molecule has 0 saturated heterocycles. The minimum atomic E-state index is -0.569. The van der Waals surface area contributed by atoms with Gasteiger partial charge in [-0.3, -0.25) is 20.8 Å². The number of nitro benzene ring substituents is 1. The summed E-state index contributed by atoms with van der Waals surface area (Å²) in [6.07, 6.45) is 0. The summed E-state index contributed by atoms with van der Waals surface area (Å²) in [5, 5.41) is 15.4. The normalized spacial score (nSPS) is 10.2. The number of thiophene rings is 1. The van der Waals surface area contributed by atoms with Crippen molar-refractivity contribution in [3.8, 4) is 0 Å². The molecule has 2 aromatic rings. The Labute approximate surface area is 132 Å². The van der Waals surface area contributed by atoms with Gasteiger partial charge in [0.1, 0.15) is 5.69 Å². The predicted octanol–water partition coefficient (Wildman–Crippen LogP) is 2.63. The minimum absolute atomic E-state index is 0.0894. The molecule has 0 spiro atoms. The zero-order valence-corrected chi connectivity index (χ0v) is 13.0. The number of nitrogens with two attached hydrogens (primary N) is 1. The summed E-state index contributed by atoms with van der Waals surface area (Å²) >= 11 is 4.85. The first-order valence-electron chi connectivity index (χ1n) is 5.77. The molecule has 21 heavy (non-hydrogen) atoms. The van der Waals surface area contributed by atoms with Crippen LogP contribution >= 0.6 is 27.3 Å². The van der Waals surface area contributed by atoms with Gasteiger partial charge in [-0.15, -0.1) is 11.3 Å². The predicted molar refractivity (Wildman–Crippen MR) is 84.1 cm³/mol. The van der Waals surface area contributed by atoms with Gasteiger partial charge in [0, 0.05) is 26.4 Å². The van der Waals surface area contributed by atoms with E-state index in [-0.39, 0.29) is 17.3 Å². The highest BCUT2D eigenvalue weighted by Gasteiger charge is 2.16. The number of hydrazine groups is 1. The van der Waals surface area contributed by atoms with E-state index >= 15 is 0 Å². The Morgan fingerprint density at radius 3 is 2.76 bits per heavy atom. The fraction of sp³-hybridized carbons (Fsp3) is 0.0833. The number of benzene rings is 1. The number of anilines is 1. The first-order chi connectivity index (χ1) is 10.0. The molecule has 4 N–H and O–H groups in total. The molecule has 1 amide bonds. The number of rotatable bonds is 5. The molecule has 0 fully saturated rings. The highest BCUT2D eigenvalue weighted by molar-refractivity contribution is 9.10. The van der Waals surface area contributed by atoms with Gasteiger partial charge in [-0.1, -0.05) is 0 Å². The molecule has 0 aliphatic carbocycles. The summed E-state index contributed by atoms with van der Waals surface area (Å²) in [5.74, 6) is 4.91. The number of amides is 1. The summed E-state index contributed by atoms with van der Waals surface area (Å²) in [4.78, 5) is 23.2. The molecule has 9 heteroatoms. The third-order valence-corrected chi connectivity index (χ3v) is 4.35. The molecule has 2 rings (SSSR count). The second-order valence-corrected chi connectivity index (χ2v) is 5.96. The molecule has 0 aliphatic heterocycles. The average Bonchev–Trinajstić information content (AvgIpc) is 2.89. The van der Waals surface area contributed by atoms with E-state index in [1.807, 2.05) is 11.4 Å². The molecule has 0 atom stereocenters. The molecule has 1 aromatic heterocycles. The molecule has 1 heterocycles. The van der Waals surface area contributed by atoms with E-state index in [9.17, 15) is 14.9 Å². The maximum Gasteiger partial charge on any atom is 0.293 e. The molecule has 0 saturated carbocycles. The van der Waals surface area contributed by atoms with Crippen molar-refractivity contribution >= 4 is 44.5 Å². The number of halogens is 1. The van der Waals surface area contributed by atoms with Crippen LogP contribution in [-0.2, 0) is 6.54 Å². The van der Waals surface area contributed by atoms with E-state index < -0.39 is 4.92 Å². The number of nitro groups is 1. The molecular weight excluding hydrogens is 360 g/mol. The number of carbonyl (C=O) groups excluding carboxylic acids is 1. The SMILES string of the molecule is NNc1cc(C(=O)NCc2cc(Br)cs2)ccc1[N+](=O)[O-]. The van der Waals surface area contributed by atoms with Crippen molar-refractivity contribution in [2.75, 3.05) is 5.43 Å². The largest absolute Gasteiger partial charge is 0.347 e. The van der Waals surface area contributed by atoms with Gasteiger partial charge < -0.3 is 10.7 Å². The van der Waals surface area contributed by atoms with E-state index in [2.05, 4.69) is 26.7 Å². The lowest BCUT2D eigenvalue weighted by molar-refractivity contribution is -0.384. The monoisotopic (exact) mass is 370 g/mol. The fourth-order valence-electron chi connectivity index (χ4n) is 1.67. The summed E-state index contributed by atoms with van der Waals surface area (Å²) in [6, 6.07) is 5.88. The van der Waals surface area contributed by atoms with E-state index in [4.69, 9.17) is 5.84 Å². The van der Waals surface area contributed by atoms with Crippen molar-refractivity contribution < 1.29 is 9.72 Å². The Kier molecular flexibility index (Phi) is 4.89. The minimum Gasteiger partial charge on any atom is -0.347 e. The van der Waals surface area contributed by atoms with Crippen molar-refractivity contribution in [1.82, 2.24) is 5.32 Å². The second-order valence-electron chi connectivity index (χ2n) is 4.05. The number of nitrogens with one attached hydrogen (secondary N) is 2. The maximum absolute atomic E-state index is 12.0. The second kappa shape index (κ2) is 6.66. The van der Waals surface area contributed by atoms with Crippen LogP contribution in [0.4, 0.5) is 11.4 Å². The van der Waals surface area contributed by atoms with E-state index in [0.29, 0.717) is 12.1 Å². The third kappa shape index (κ3) is 3.78. The summed E-state index contributed by atoms with van der Waals surface area (Å²) < 4.78 is 0.960. The highest BCUT2D eigenvalue weighted by atomic mass is 79.9. The lowest BCUT2D eigenvalue weighted by atomic mass is 10.1. The Bertz CT molecular complexity index is 689. The van der Waals surface area contributed by atoms with Crippen LogP contribution in [0, 0.1) is 10.1 Å². The van der Waals surface area contributed by atoms with Gasteiger partial charge in [-0.05, 0) is 34.1 Å². The highest BCUT2D eigenvalue weighted by Crippen LogP contribution is 2.24. The number of nitrogen functional groups attached to an aromatic ring is 1. The van der Waals surface area contributed by atoms with Crippen LogP contribution in [-0.4, -0.2) is 10.8 Å². The van der Waals surface area contributed by atoms with Crippen LogP contribution in [0.5, 0.6) is 0 Å². The number of hydrogen-bond donors (Lipinski definition) is 3.